The molecule has 17 heavy (non-hydrogen) atoms. The third-order valence-corrected chi connectivity index (χ3v) is 3.38. The van der Waals surface area contributed by atoms with Crippen molar-refractivity contribution in [3.05, 3.63) is 16.4 Å². The molecular weight excluding hydrogens is 236 g/mol. The summed E-state index contributed by atoms with van der Waals surface area (Å²) in [5.41, 5.74) is 2.11. The maximum Gasteiger partial charge on any atom is 0.131 e. The van der Waals surface area contributed by atoms with E-state index in [4.69, 9.17) is 11.6 Å². The Morgan fingerprint density at radius 2 is 2.12 bits per heavy atom. The van der Waals surface area contributed by atoms with E-state index in [1.54, 1.807) is 4.68 Å². The zero-order valence-electron chi connectivity index (χ0n) is 11.4. The number of aromatic nitrogens is 2. The molecule has 98 valence electrons. The van der Waals surface area contributed by atoms with E-state index in [0.717, 1.165) is 35.9 Å². The van der Waals surface area contributed by atoms with Crippen LogP contribution >= 0.6 is 11.6 Å². The van der Waals surface area contributed by atoms with Crippen molar-refractivity contribution in [2.75, 3.05) is 20.6 Å². The van der Waals surface area contributed by atoms with E-state index >= 15 is 0 Å². The Bertz CT molecular complexity index is 360. The molecule has 4 nitrogen and oxygen atoms in total. The Kier molecular flexibility index (Phi) is 5.43. The van der Waals surface area contributed by atoms with Gasteiger partial charge in [-0.25, -0.2) is 0 Å². The number of nitrogens with zero attached hydrogens (tertiary/aromatic N) is 3. The minimum absolute atomic E-state index is 0.480. The van der Waals surface area contributed by atoms with Crippen LogP contribution in [0, 0.1) is 6.92 Å². The fourth-order valence-electron chi connectivity index (χ4n) is 1.70. The summed E-state index contributed by atoms with van der Waals surface area (Å²) in [6.07, 6.45) is 1.13. The zero-order chi connectivity index (χ0) is 13.0. The van der Waals surface area contributed by atoms with Crippen molar-refractivity contribution in [3.63, 3.8) is 0 Å². The van der Waals surface area contributed by atoms with E-state index < -0.39 is 0 Å². The number of hydrogen-bond acceptors (Lipinski definition) is 3. The van der Waals surface area contributed by atoms with Gasteiger partial charge in [0.2, 0.25) is 0 Å². The van der Waals surface area contributed by atoms with Crippen molar-refractivity contribution in [1.82, 2.24) is 20.0 Å². The van der Waals surface area contributed by atoms with E-state index in [0.29, 0.717) is 6.04 Å². The lowest BCUT2D eigenvalue weighted by Gasteiger charge is -2.16. The van der Waals surface area contributed by atoms with Crippen LogP contribution in [0.15, 0.2) is 0 Å². The van der Waals surface area contributed by atoms with Gasteiger partial charge in [-0.05, 0) is 40.9 Å². The highest BCUT2D eigenvalue weighted by molar-refractivity contribution is 6.30. The molecule has 1 N–H and O–H groups in total. The summed E-state index contributed by atoms with van der Waals surface area (Å²) >= 11 is 6.18. The molecule has 0 saturated carbocycles. The van der Waals surface area contributed by atoms with Gasteiger partial charge in [0.15, 0.2) is 0 Å². The summed E-state index contributed by atoms with van der Waals surface area (Å²) < 4.78 is 1.72. The second-order valence-corrected chi connectivity index (χ2v) is 5.21. The second-order valence-electron chi connectivity index (χ2n) is 4.85. The molecule has 0 aliphatic rings. The van der Waals surface area contributed by atoms with Crippen LogP contribution in [0.25, 0.3) is 0 Å². The first kappa shape index (κ1) is 14.5. The molecule has 0 radical (unpaired) electrons. The predicted molar refractivity (Wildman–Crippen MR) is 72.4 cm³/mol. The standard InChI is InChI=1S/C12H23ClN4/c1-9(6-7-16(3)4)14-8-11-10(2)15-17(5)12(11)13/h9,14H,6-8H2,1-5H3. The molecule has 0 aliphatic heterocycles. The molecule has 0 bridgehead atoms. The minimum Gasteiger partial charge on any atom is -0.310 e. The Hall–Kier alpha value is -0.580. The molecule has 1 aromatic rings. The topological polar surface area (TPSA) is 33.1 Å². The van der Waals surface area contributed by atoms with Crippen LogP contribution in [0.2, 0.25) is 5.15 Å². The SMILES string of the molecule is Cc1nn(C)c(Cl)c1CNC(C)CCN(C)C. The van der Waals surface area contributed by atoms with Gasteiger partial charge in [0.05, 0.1) is 5.69 Å². The smallest absolute Gasteiger partial charge is 0.131 e. The lowest BCUT2D eigenvalue weighted by molar-refractivity contribution is 0.365. The first-order valence-electron chi connectivity index (χ1n) is 5.98. The van der Waals surface area contributed by atoms with Crippen LogP contribution in [-0.2, 0) is 13.6 Å². The molecule has 0 spiro atoms. The summed E-state index contributed by atoms with van der Waals surface area (Å²) in [5, 5.41) is 8.52. The van der Waals surface area contributed by atoms with Gasteiger partial charge < -0.3 is 10.2 Å². The molecular formula is C12H23ClN4. The highest BCUT2D eigenvalue weighted by Gasteiger charge is 2.11. The number of rotatable bonds is 6. The maximum absolute atomic E-state index is 6.18. The van der Waals surface area contributed by atoms with Gasteiger partial charge in [-0.2, -0.15) is 5.10 Å². The van der Waals surface area contributed by atoms with E-state index in [2.05, 4.69) is 36.3 Å². The van der Waals surface area contributed by atoms with Crippen LogP contribution in [0.4, 0.5) is 0 Å². The predicted octanol–water partition coefficient (Wildman–Crippen LogP) is 1.81. The molecule has 5 heteroatoms. The zero-order valence-corrected chi connectivity index (χ0v) is 12.2. The Morgan fingerprint density at radius 1 is 1.47 bits per heavy atom. The summed E-state index contributed by atoms with van der Waals surface area (Å²) in [6, 6.07) is 0.480. The highest BCUT2D eigenvalue weighted by atomic mass is 35.5. The van der Waals surface area contributed by atoms with Gasteiger partial charge in [-0.3, -0.25) is 4.68 Å². The van der Waals surface area contributed by atoms with Crippen molar-refractivity contribution in [2.45, 2.75) is 32.9 Å². The number of aryl methyl sites for hydroxylation is 2. The fourth-order valence-corrected chi connectivity index (χ4v) is 1.95. The van der Waals surface area contributed by atoms with Gasteiger partial charge in [-0.1, -0.05) is 11.6 Å². The number of halogens is 1. The molecule has 1 atom stereocenters. The van der Waals surface area contributed by atoms with Crippen molar-refractivity contribution < 1.29 is 0 Å². The van der Waals surface area contributed by atoms with Gasteiger partial charge >= 0.3 is 0 Å². The average molecular weight is 259 g/mol. The van der Waals surface area contributed by atoms with Crippen molar-refractivity contribution in [3.8, 4) is 0 Å². The van der Waals surface area contributed by atoms with Crippen molar-refractivity contribution in [2.24, 2.45) is 7.05 Å². The molecule has 1 rings (SSSR count). The van der Waals surface area contributed by atoms with Crippen LogP contribution in [0.5, 0.6) is 0 Å². The first-order valence-corrected chi connectivity index (χ1v) is 6.35. The van der Waals surface area contributed by atoms with Crippen LogP contribution in [-0.4, -0.2) is 41.4 Å². The summed E-state index contributed by atoms with van der Waals surface area (Å²) in [4.78, 5) is 2.19. The maximum atomic E-state index is 6.18. The summed E-state index contributed by atoms with van der Waals surface area (Å²) in [7, 11) is 6.05. The molecule has 0 saturated heterocycles. The molecule has 1 heterocycles. The quantitative estimate of drug-likeness (QED) is 0.845. The minimum atomic E-state index is 0.480. The van der Waals surface area contributed by atoms with E-state index in [1.165, 1.54) is 0 Å². The van der Waals surface area contributed by atoms with Crippen LogP contribution < -0.4 is 5.32 Å². The average Bonchev–Trinajstić information content (AvgIpc) is 2.48. The van der Waals surface area contributed by atoms with E-state index in [9.17, 15) is 0 Å². The highest BCUT2D eigenvalue weighted by Crippen LogP contribution is 2.18. The Labute approximate surface area is 109 Å². The molecule has 1 unspecified atom stereocenters. The molecule has 0 aromatic carbocycles. The molecule has 0 amide bonds. The fraction of sp³-hybridized carbons (Fsp3) is 0.750. The first-order chi connectivity index (χ1) is 7.91. The van der Waals surface area contributed by atoms with Gasteiger partial charge in [0.25, 0.3) is 0 Å². The lowest BCUT2D eigenvalue weighted by Crippen LogP contribution is -2.29. The van der Waals surface area contributed by atoms with Gasteiger partial charge in [0, 0.05) is 25.2 Å². The third-order valence-electron chi connectivity index (χ3n) is 2.91. The van der Waals surface area contributed by atoms with E-state index in [-0.39, 0.29) is 0 Å². The van der Waals surface area contributed by atoms with Crippen molar-refractivity contribution >= 4 is 11.6 Å². The normalized spacial score (nSPS) is 13.4. The summed E-state index contributed by atoms with van der Waals surface area (Å²) in [6.45, 7) is 6.07. The number of hydrogen-bond donors (Lipinski definition) is 1. The monoisotopic (exact) mass is 258 g/mol. The second kappa shape index (κ2) is 6.38. The third kappa shape index (κ3) is 4.30. The number of nitrogens with one attached hydrogen (secondary N) is 1. The van der Waals surface area contributed by atoms with E-state index in [1.807, 2.05) is 14.0 Å². The largest absolute Gasteiger partial charge is 0.310 e. The lowest BCUT2D eigenvalue weighted by atomic mass is 10.2. The van der Waals surface area contributed by atoms with Gasteiger partial charge in [0.1, 0.15) is 5.15 Å². The summed E-state index contributed by atoms with van der Waals surface area (Å²) in [5.74, 6) is 0. The van der Waals surface area contributed by atoms with Crippen molar-refractivity contribution in [1.29, 1.82) is 0 Å². The van der Waals surface area contributed by atoms with Crippen LogP contribution in [0.3, 0.4) is 0 Å². The Morgan fingerprint density at radius 3 is 2.59 bits per heavy atom. The Balaban J connectivity index is 2.44. The molecule has 0 fully saturated rings. The molecule has 1 aromatic heterocycles. The van der Waals surface area contributed by atoms with Gasteiger partial charge in [-0.15, -0.1) is 0 Å². The molecule has 0 aliphatic carbocycles. The van der Waals surface area contributed by atoms with Crippen LogP contribution in [0.1, 0.15) is 24.6 Å².